The normalized spacial score (nSPS) is 12.5. The van der Waals surface area contributed by atoms with Gasteiger partial charge in [-0.2, -0.15) is 0 Å². The van der Waals surface area contributed by atoms with Gasteiger partial charge in [0.2, 0.25) is 0 Å². The van der Waals surface area contributed by atoms with E-state index < -0.39 is 18.2 Å². The molecule has 0 saturated carbocycles. The first-order valence-corrected chi connectivity index (χ1v) is 15.8. The van der Waals surface area contributed by atoms with E-state index in [0.717, 1.165) is 17.0 Å². The number of rotatable bonds is 13. The number of amides is 1. The third-order valence-corrected chi connectivity index (χ3v) is 7.90. The molecule has 2 atom stereocenters. The quantitative estimate of drug-likeness (QED) is 0.0905. The zero-order chi connectivity index (χ0) is 33.3. The first-order valence-electron chi connectivity index (χ1n) is 15.8. The number of anilines is 1. The molecule has 0 spiro atoms. The minimum atomic E-state index is -1.11. The maximum absolute atomic E-state index is 14.2. The number of hydrogen-bond acceptors (Lipinski definition) is 5. The van der Waals surface area contributed by atoms with Crippen LogP contribution < -0.4 is 10.1 Å². The van der Waals surface area contributed by atoms with Crippen molar-refractivity contribution in [1.29, 1.82) is 0 Å². The lowest BCUT2D eigenvalue weighted by Crippen LogP contribution is -2.24. The Morgan fingerprint density at radius 1 is 0.787 bits per heavy atom. The number of esters is 1. The largest absolute Gasteiger partial charge is 0.426 e. The molecule has 0 radical (unpaired) electrons. The van der Waals surface area contributed by atoms with Crippen molar-refractivity contribution >= 4 is 17.6 Å². The number of hydrogen-bond donors (Lipinski definition) is 3. The van der Waals surface area contributed by atoms with Gasteiger partial charge in [0, 0.05) is 23.5 Å². The molecule has 0 aliphatic heterocycles. The standard InChI is InChI=1S/C39H39FN2O5/c1-26(2)37-36(39(46)41-30-14-8-4-9-15-30)35(27-12-6-3-7-13-27)38(28-18-20-29(40)21-19-28)42(37)23-22-31(43)24-32(44)25-34(45)47-33-16-10-5-11-17-33/h3-21,26,31-32,43-44H,22-25H2,1-2H3,(H,41,46)/t31-,32-/m1/s1. The van der Waals surface area contributed by atoms with E-state index in [-0.39, 0.29) is 36.9 Å². The lowest BCUT2D eigenvalue weighted by molar-refractivity contribution is -0.136. The van der Waals surface area contributed by atoms with Gasteiger partial charge in [-0.15, -0.1) is 0 Å². The minimum Gasteiger partial charge on any atom is -0.426 e. The molecule has 0 aliphatic carbocycles. The van der Waals surface area contributed by atoms with E-state index in [4.69, 9.17) is 4.74 Å². The molecule has 5 rings (SSSR count). The van der Waals surface area contributed by atoms with Crippen molar-refractivity contribution in [2.24, 2.45) is 0 Å². The summed E-state index contributed by atoms with van der Waals surface area (Å²) >= 11 is 0. The zero-order valence-electron chi connectivity index (χ0n) is 26.5. The van der Waals surface area contributed by atoms with Crippen LogP contribution in [0.4, 0.5) is 10.1 Å². The van der Waals surface area contributed by atoms with Crippen LogP contribution in [0.15, 0.2) is 115 Å². The Kier molecular flexibility index (Phi) is 11.0. The third kappa shape index (κ3) is 8.41. The van der Waals surface area contributed by atoms with Crippen molar-refractivity contribution in [1.82, 2.24) is 4.57 Å². The van der Waals surface area contributed by atoms with Gasteiger partial charge in [0.1, 0.15) is 11.6 Å². The molecule has 0 aliphatic rings. The number of aliphatic hydroxyl groups excluding tert-OH is 2. The molecule has 1 aromatic heterocycles. The molecule has 7 nitrogen and oxygen atoms in total. The summed E-state index contributed by atoms with van der Waals surface area (Å²) in [5.74, 6) is -0.987. The Hall–Kier alpha value is -5.05. The van der Waals surface area contributed by atoms with Crippen molar-refractivity contribution in [2.45, 2.75) is 57.8 Å². The predicted octanol–water partition coefficient (Wildman–Crippen LogP) is 7.83. The van der Waals surface area contributed by atoms with Crippen LogP contribution in [-0.4, -0.2) is 38.9 Å². The second-order valence-electron chi connectivity index (χ2n) is 11.8. The number of carbonyl (C=O) groups excluding carboxylic acids is 2. The van der Waals surface area contributed by atoms with Gasteiger partial charge in [-0.1, -0.05) is 80.6 Å². The summed E-state index contributed by atoms with van der Waals surface area (Å²) in [4.78, 5) is 26.6. The summed E-state index contributed by atoms with van der Waals surface area (Å²) in [6.07, 6.45) is -2.16. The maximum Gasteiger partial charge on any atom is 0.313 e. The lowest BCUT2D eigenvalue weighted by atomic mass is 9.94. The van der Waals surface area contributed by atoms with Crippen molar-refractivity contribution < 1.29 is 28.9 Å². The third-order valence-electron chi connectivity index (χ3n) is 7.90. The molecule has 4 aromatic carbocycles. The number of ether oxygens (including phenoxy) is 1. The number of aromatic nitrogens is 1. The van der Waals surface area contributed by atoms with Gasteiger partial charge in [0.05, 0.1) is 29.9 Å². The van der Waals surface area contributed by atoms with Crippen LogP contribution in [0.5, 0.6) is 5.75 Å². The van der Waals surface area contributed by atoms with E-state index in [9.17, 15) is 24.2 Å². The molecular weight excluding hydrogens is 595 g/mol. The van der Waals surface area contributed by atoms with Gasteiger partial charge >= 0.3 is 5.97 Å². The fraction of sp³-hybridized carbons (Fsp3) is 0.231. The molecule has 0 saturated heterocycles. The first-order chi connectivity index (χ1) is 22.7. The average molecular weight is 635 g/mol. The summed E-state index contributed by atoms with van der Waals surface area (Å²) < 4.78 is 21.4. The number of nitrogens with one attached hydrogen (secondary N) is 1. The second-order valence-corrected chi connectivity index (χ2v) is 11.8. The van der Waals surface area contributed by atoms with Crippen LogP contribution in [0.2, 0.25) is 0 Å². The van der Waals surface area contributed by atoms with Gasteiger partial charge < -0.3 is 24.8 Å². The molecule has 47 heavy (non-hydrogen) atoms. The Morgan fingerprint density at radius 3 is 2.00 bits per heavy atom. The fourth-order valence-corrected chi connectivity index (χ4v) is 5.86. The van der Waals surface area contributed by atoms with Gasteiger partial charge in [0.15, 0.2) is 0 Å². The number of nitrogens with zero attached hydrogens (tertiary/aromatic N) is 1. The van der Waals surface area contributed by atoms with Crippen molar-refractivity contribution in [2.75, 3.05) is 5.32 Å². The van der Waals surface area contributed by atoms with Gasteiger partial charge in [-0.3, -0.25) is 9.59 Å². The maximum atomic E-state index is 14.2. The van der Waals surface area contributed by atoms with E-state index in [1.807, 2.05) is 79.1 Å². The molecular formula is C39H39FN2O5. The summed E-state index contributed by atoms with van der Waals surface area (Å²) in [5.41, 5.74) is 4.85. The van der Waals surface area contributed by atoms with Crippen LogP contribution in [-0.2, 0) is 11.3 Å². The summed E-state index contributed by atoms with van der Waals surface area (Å²) in [7, 11) is 0. The Balaban J connectivity index is 1.50. The van der Waals surface area contributed by atoms with Crippen LogP contribution >= 0.6 is 0 Å². The lowest BCUT2D eigenvalue weighted by Gasteiger charge is -2.20. The fourth-order valence-electron chi connectivity index (χ4n) is 5.86. The number of para-hydroxylation sites is 2. The van der Waals surface area contributed by atoms with Crippen LogP contribution in [0.1, 0.15) is 55.1 Å². The van der Waals surface area contributed by atoms with Gasteiger partial charge in [-0.25, -0.2) is 4.39 Å². The molecule has 0 unspecified atom stereocenters. The number of benzene rings is 4. The monoisotopic (exact) mass is 634 g/mol. The first kappa shape index (κ1) is 33.3. The highest BCUT2D eigenvalue weighted by atomic mass is 19.1. The molecule has 0 fully saturated rings. The van der Waals surface area contributed by atoms with Crippen LogP contribution in [0.25, 0.3) is 22.4 Å². The molecule has 1 amide bonds. The SMILES string of the molecule is CC(C)c1c(C(=O)Nc2ccccc2)c(-c2ccccc2)c(-c2ccc(F)cc2)n1CC[C@@H](O)C[C@@H](O)CC(=O)Oc1ccccc1. The summed E-state index contributed by atoms with van der Waals surface area (Å²) in [5, 5.41) is 24.7. The average Bonchev–Trinajstić information content (AvgIpc) is 3.41. The summed E-state index contributed by atoms with van der Waals surface area (Å²) in [6.45, 7) is 4.31. The van der Waals surface area contributed by atoms with E-state index in [0.29, 0.717) is 34.7 Å². The molecule has 0 bridgehead atoms. The highest BCUT2D eigenvalue weighted by Gasteiger charge is 2.31. The Bertz CT molecular complexity index is 1770. The number of aliphatic hydroxyl groups is 2. The van der Waals surface area contributed by atoms with Crippen LogP contribution in [0, 0.1) is 5.82 Å². The smallest absolute Gasteiger partial charge is 0.313 e. The van der Waals surface area contributed by atoms with Crippen LogP contribution in [0.3, 0.4) is 0 Å². The summed E-state index contributed by atoms with van der Waals surface area (Å²) in [6, 6.07) is 33.6. The molecule has 5 aromatic rings. The molecule has 1 heterocycles. The van der Waals surface area contributed by atoms with E-state index >= 15 is 0 Å². The Labute approximate surface area is 274 Å². The van der Waals surface area contributed by atoms with Crippen molar-refractivity contribution in [3.8, 4) is 28.1 Å². The topological polar surface area (TPSA) is 101 Å². The zero-order valence-corrected chi connectivity index (χ0v) is 26.5. The van der Waals surface area contributed by atoms with Gasteiger partial charge in [0.25, 0.3) is 5.91 Å². The highest BCUT2D eigenvalue weighted by molar-refractivity contribution is 6.12. The van der Waals surface area contributed by atoms with Crippen molar-refractivity contribution in [3.05, 3.63) is 132 Å². The van der Waals surface area contributed by atoms with Gasteiger partial charge in [-0.05, 0) is 78.4 Å². The predicted molar refractivity (Wildman–Crippen MR) is 182 cm³/mol. The molecule has 3 N–H and O–H groups in total. The van der Waals surface area contributed by atoms with Crippen molar-refractivity contribution in [3.63, 3.8) is 0 Å². The second kappa shape index (κ2) is 15.5. The van der Waals surface area contributed by atoms with E-state index in [1.54, 1.807) is 42.5 Å². The molecule has 8 heteroatoms. The Morgan fingerprint density at radius 2 is 1.38 bits per heavy atom. The number of halogens is 1. The van der Waals surface area contributed by atoms with E-state index in [2.05, 4.69) is 5.32 Å². The minimum absolute atomic E-state index is 0.0407. The highest BCUT2D eigenvalue weighted by Crippen LogP contribution is 2.42. The molecule has 242 valence electrons. The van der Waals surface area contributed by atoms with E-state index in [1.165, 1.54) is 12.1 Å². The number of carbonyl (C=O) groups is 2.